The molecule has 1 atom stereocenters. The number of hydrogen-bond donors (Lipinski definition) is 2. The van der Waals surface area contributed by atoms with E-state index < -0.39 is 0 Å². The van der Waals surface area contributed by atoms with Gasteiger partial charge in [0.2, 0.25) is 0 Å². The van der Waals surface area contributed by atoms with E-state index in [9.17, 15) is 4.79 Å². The molecule has 1 fully saturated rings. The Bertz CT molecular complexity index is 242. The number of ether oxygens (including phenoxy) is 1. The fourth-order valence-electron chi connectivity index (χ4n) is 1.31. The second-order valence-electron chi connectivity index (χ2n) is 3.65. The van der Waals surface area contributed by atoms with E-state index in [0.29, 0.717) is 24.6 Å². The molecule has 15 heavy (non-hydrogen) atoms. The standard InChI is InChI=1S/C9H17N3O2S/c1-12(4-2-8(10)15)9(13)11-7-3-5-14-6-7/h7H,2-6H2,1H3,(H2,10,15)(H,11,13). The van der Waals surface area contributed by atoms with Gasteiger partial charge < -0.3 is 20.7 Å². The first-order chi connectivity index (χ1) is 7.09. The highest BCUT2D eigenvalue weighted by Gasteiger charge is 2.19. The Morgan fingerprint density at radius 3 is 3.00 bits per heavy atom. The Morgan fingerprint density at radius 1 is 1.73 bits per heavy atom. The number of urea groups is 1. The fourth-order valence-corrected chi connectivity index (χ4v) is 1.40. The van der Waals surface area contributed by atoms with E-state index in [4.69, 9.17) is 22.7 Å². The van der Waals surface area contributed by atoms with Gasteiger partial charge in [-0.3, -0.25) is 0 Å². The Hall–Kier alpha value is -0.880. The average Bonchev–Trinajstić information content (AvgIpc) is 2.66. The predicted molar refractivity (Wildman–Crippen MR) is 61.8 cm³/mol. The summed E-state index contributed by atoms with van der Waals surface area (Å²) in [4.78, 5) is 13.6. The van der Waals surface area contributed by atoms with Gasteiger partial charge in [-0.05, 0) is 6.42 Å². The molecule has 6 heteroatoms. The third-order valence-electron chi connectivity index (χ3n) is 2.30. The van der Waals surface area contributed by atoms with Crippen LogP contribution in [0.25, 0.3) is 0 Å². The first kappa shape index (κ1) is 12.2. The first-order valence-electron chi connectivity index (χ1n) is 4.97. The highest BCUT2D eigenvalue weighted by molar-refractivity contribution is 7.80. The average molecular weight is 231 g/mol. The SMILES string of the molecule is CN(CCC(N)=S)C(=O)NC1CCOC1. The van der Waals surface area contributed by atoms with Gasteiger partial charge in [0.15, 0.2) is 0 Å². The minimum absolute atomic E-state index is 0.0956. The number of amides is 2. The van der Waals surface area contributed by atoms with Gasteiger partial charge in [-0.15, -0.1) is 0 Å². The van der Waals surface area contributed by atoms with Crippen molar-refractivity contribution in [2.75, 3.05) is 26.8 Å². The van der Waals surface area contributed by atoms with Crippen LogP contribution < -0.4 is 11.1 Å². The van der Waals surface area contributed by atoms with Gasteiger partial charge in [-0.1, -0.05) is 12.2 Å². The van der Waals surface area contributed by atoms with Crippen molar-refractivity contribution in [3.05, 3.63) is 0 Å². The third-order valence-corrected chi connectivity index (χ3v) is 2.50. The van der Waals surface area contributed by atoms with Gasteiger partial charge in [0, 0.05) is 26.6 Å². The lowest BCUT2D eigenvalue weighted by molar-refractivity contribution is 0.182. The van der Waals surface area contributed by atoms with Crippen molar-refractivity contribution < 1.29 is 9.53 Å². The molecule has 0 aromatic heterocycles. The van der Waals surface area contributed by atoms with Crippen LogP contribution in [0.2, 0.25) is 0 Å². The summed E-state index contributed by atoms with van der Waals surface area (Å²) in [5.74, 6) is 0. The number of nitrogens with two attached hydrogens (primary N) is 1. The zero-order valence-electron chi connectivity index (χ0n) is 8.86. The van der Waals surface area contributed by atoms with Gasteiger partial charge in [-0.25, -0.2) is 4.79 Å². The van der Waals surface area contributed by atoms with Crippen molar-refractivity contribution >= 4 is 23.2 Å². The van der Waals surface area contributed by atoms with Crippen LogP contribution in [0, 0.1) is 0 Å². The van der Waals surface area contributed by atoms with Crippen molar-refractivity contribution in [2.24, 2.45) is 5.73 Å². The summed E-state index contributed by atoms with van der Waals surface area (Å²) < 4.78 is 5.16. The van der Waals surface area contributed by atoms with Crippen molar-refractivity contribution in [1.29, 1.82) is 0 Å². The Morgan fingerprint density at radius 2 is 2.47 bits per heavy atom. The third kappa shape index (κ3) is 4.44. The predicted octanol–water partition coefficient (Wildman–Crippen LogP) is 0.0929. The molecule has 0 aliphatic carbocycles. The lowest BCUT2D eigenvalue weighted by atomic mass is 10.3. The molecule has 1 unspecified atom stereocenters. The topological polar surface area (TPSA) is 67.6 Å². The molecular weight excluding hydrogens is 214 g/mol. The van der Waals surface area contributed by atoms with Crippen LogP contribution in [0.5, 0.6) is 0 Å². The maximum atomic E-state index is 11.6. The van der Waals surface area contributed by atoms with Crippen LogP contribution in [0.4, 0.5) is 4.79 Å². The molecule has 1 aliphatic rings. The molecule has 86 valence electrons. The number of hydrogen-bond acceptors (Lipinski definition) is 3. The molecule has 0 spiro atoms. The normalized spacial score (nSPS) is 19.9. The van der Waals surface area contributed by atoms with E-state index >= 15 is 0 Å². The van der Waals surface area contributed by atoms with Crippen molar-refractivity contribution in [3.8, 4) is 0 Å². The van der Waals surface area contributed by atoms with Gasteiger partial charge >= 0.3 is 6.03 Å². The lowest BCUT2D eigenvalue weighted by Crippen LogP contribution is -2.44. The van der Waals surface area contributed by atoms with E-state index in [2.05, 4.69) is 5.32 Å². The smallest absolute Gasteiger partial charge is 0.317 e. The van der Waals surface area contributed by atoms with E-state index in [0.717, 1.165) is 13.0 Å². The largest absolute Gasteiger partial charge is 0.393 e. The zero-order chi connectivity index (χ0) is 11.3. The number of carbonyl (C=O) groups is 1. The zero-order valence-corrected chi connectivity index (χ0v) is 9.68. The van der Waals surface area contributed by atoms with Gasteiger partial charge in [0.1, 0.15) is 0 Å². The number of nitrogens with zero attached hydrogens (tertiary/aromatic N) is 1. The maximum absolute atomic E-state index is 11.6. The summed E-state index contributed by atoms with van der Waals surface area (Å²) in [6.07, 6.45) is 1.44. The molecule has 1 rings (SSSR count). The monoisotopic (exact) mass is 231 g/mol. The van der Waals surface area contributed by atoms with Gasteiger partial charge in [0.05, 0.1) is 17.6 Å². The molecule has 0 bridgehead atoms. The molecule has 0 saturated carbocycles. The molecule has 2 amide bonds. The van der Waals surface area contributed by atoms with Crippen LogP contribution in [0.1, 0.15) is 12.8 Å². The minimum Gasteiger partial charge on any atom is -0.393 e. The van der Waals surface area contributed by atoms with Crippen molar-refractivity contribution in [3.63, 3.8) is 0 Å². The van der Waals surface area contributed by atoms with Crippen LogP contribution in [-0.2, 0) is 4.74 Å². The summed E-state index contributed by atoms with van der Waals surface area (Å²) in [6, 6.07) is 0.0477. The number of rotatable bonds is 4. The lowest BCUT2D eigenvalue weighted by Gasteiger charge is -2.19. The Kier molecular flexibility index (Phi) is 4.77. The maximum Gasteiger partial charge on any atom is 0.317 e. The number of nitrogens with one attached hydrogen (secondary N) is 1. The van der Waals surface area contributed by atoms with E-state index in [1.807, 2.05) is 0 Å². The Labute approximate surface area is 94.9 Å². The molecule has 5 nitrogen and oxygen atoms in total. The fraction of sp³-hybridized carbons (Fsp3) is 0.778. The Balaban J connectivity index is 2.22. The van der Waals surface area contributed by atoms with Crippen LogP contribution in [0.3, 0.4) is 0 Å². The van der Waals surface area contributed by atoms with Crippen molar-refractivity contribution in [1.82, 2.24) is 10.2 Å². The molecule has 0 aromatic carbocycles. The highest BCUT2D eigenvalue weighted by Crippen LogP contribution is 2.03. The van der Waals surface area contributed by atoms with Crippen LogP contribution in [-0.4, -0.2) is 48.8 Å². The summed E-state index contributed by atoms with van der Waals surface area (Å²) in [7, 11) is 1.73. The number of carbonyl (C=O) groups excluding carboxylic acids is 1. The summed E-state index contributed by atoms with van der Waals surface area (Å²) in [6.45, 7) is 1.88. The minimum atomic E-state index is -0.0956. The van der Waals surface area contributed by atoms with E-state index in [1.54, 1.807) is 11.9 Å². The molecular formula is C9H17N3O2S. The number of thiocarbonyl (C=S) groups is 1. The molecule has 0 radical (unpaired) electrons. The van der Waals surface area contributed by atoms with Crippen LogP contribution >= 0.6 is 12.2 Å². The van der Waals surface area contributed by atoms with Crippen molar-refractivity contribution in [2.45, 2.75) is 18.9 Å². The van der Waals surface area contributed by atoms with Crippen LogP contribution in [0.15, 0.2) is 0 Å². The van der Waals surface area contributed by atoms with Gasteiger partial charge in [0.25, 0.3) is 0 Å². The molecule has 0 aromatic rings. The second-order valence-corrected chi connectivity index (χ2v) is 4.17. The van der Waals surface area contributed by atoms with E-state index in [1.165, 1.54) is 0 Å². The first-order valence-corrected chi connectivity index (χ1v) is 5.38. The van der Waals surface area contributed by atoms with E-state index in [-0.39, 0.29) is 12.1 Å². The highest BCUT2D eigenvalue weighted by atomic mass is 32.1. The summed E-state index contributed by atoms with van der Waals surface area (Å²) in [5, 5.41) is 2.88. The molecule has 3 N–H and O–H groups in total. The summed E-state index contributed by atoms with van der Waals surface area (Å²) >= 11 is 4.74. The summed E-state index contributed by atoms with van der Waals surface area (Å²) in [5.41, 5.74) is 5.36. The quantitative estimate of drug-likeness (QED) is 0.673. The second kappa shape index (κ2) is 5.87. The molecule has 1 aliphatic heterocycles. The molecule has 1 saturated heterocycles. The van der Waals surface area contributed by atoms with Gasteiger partial charge in [-0.2, -0.15) is 0 Å². The molecule has 1 heterocycles.